The van der Waals surface area contributed by atoms with E-state index in [1.807, 2.05) is 61.5 Å². The van der Waals surface area contributed by atoms with E-state index in [-0.39, 0.29) is 18.5 Å². The maximum Gasteiger partial charge on any atom is 0.325 e. The van der Waals surface area contributed by atoms with Gasteiger partial charge in [-0.05, 0) is 55.5 Å². The third-order valence-electron chi connectivity index (χ3n) is 4.81. The molecule has 3 aromatic rings. The molecule has 1 fully saturated rings. The van der Waals surface area contributed by atoms with E-state index in [1.54, 1.807) is 16.0 Å². The van der Waals surface area contributed by atoms with Gasteiger partial charge in [0.2, 0.25) is 5.91 Å². The topological polar surface area (TPSA) is 74.8 Å². The molecule has 3 amide bonds. The fourth-order valence-corrected chi connectivity index (χ4v) is 3.43. The Labute approximate surface area is 168 Å². The number of urea groups is 1. The molecule has 0 bridgehead atoms. The number of benzene rings is 2. The maximum absolute atomic E-state index is 12.7. The van der Waals surface area contributed by atoms with Gasteiger partial charge in [0.1, 0.15) is 12.3 Å². The van der Waals surface area contributed by atoms with Crippen LogP contribution < -0.4 is 15.0 Å². The first-order valence-electron chi connectivity index (χ1n) is 9.58. The van der Waals surface area contributed by atoms with Crippen molar-refractivity contribution in [2.75, 3.05) is 36.5 Å². The second kappa shape index (κ2) is 8.18. The van der Waals surface area contributed by atoms with Gasteiger partial charge in [0.15, 0.2) is 0 Å². The zero-order valence-electron chi connectivity index (χ0n) is 16.2. The van der Waals surface area contributed by atoms with Crippen molar-refractivity contribution in [3.05, 3.63) is 60.8 Å². The summed E-state index contributed by atoms with van der Waals surface area (Å²) in [6, 6.07) is 16.5. The largest absolute Gasteiger partial charge is 0.494 e. The van der Waals surface area contributed by atoms with Crippen LogP contribution in [0.5, 0.6) is 5.75 Å². The Morgan fingerprint density at radius 1 is 1.10 bits per heavy atom. The second-order valence-electron chi connectivity index (χ2n) is 6.71. The van der Waals surface area contributed by atoms with Crippen molar-refractivity contribution in [3.63, 3.8) is 0 Å². The van der Waals surface area contributed by atoms with E-state index in [1.165, 1.54) is 0 Å². The van der Waals surface area contributed by atoms with E-state index in [9.17, 15) is 9.59 Å². The summed E-state index contributed by atoms with van der Waals surface area (Å²) in [6.07, 6.45) is 1.71. The quantitative estimate of drug-likeness (QED) is 0.699. The van der Waals surface area contributed by atoms with Crippen molar-refractivity contribution in [2.45, 2.75) is 6.92 Å². The molecule has 0 spiro atoms. The zero-order chi connectivity index (χ0) is 20.2. The highest BCUT2D eigenvalue weighted by Gasteiger charge is 2.30. The number of pyridine rings is 1. The van der Waals surface area contributed by atoms with Crippen LogP contribution in [0.25, 0.3) is 10.9 Å². The molecule has 0 radical (unpaired) electrons. The molecule has 148 valence electrons. The maximum atomic E-state index is 12.7. The standard InChI is InChI=1S/C22H22N4O3/c1-2-29-17-10-8-16(9-11-17)26-14-13-25(22(26)28)15-21(27)24-20-7-3-6-19-18(20)5-4-12-23-19/h3-12H,2,13-15H2,1H3,(H,24,27). The molecular formula is C22H22N4O3. The Hall–Kier alpha value is -3.61. The number of aromatic nitrogens is 1. The zero-order valence-corrected chi connectivity index (χ0v) is 16.2. The molecule has 2 heterocycles. The minimum Gasteiger partial charge on any atom is -0.494 e. The van der Waals surface area contributed by atoms with Crippen LogP contribution in [0, 0.1) is 0 Å². The second-order valence-corrected chi connectivity index (χ2v) is 6.71. The first-order chi connectivity index (χ1) is 14.2. The van der Waals surface area contributed by atoms with Crippen molar-refractivity contribution >= 4 is 34.2 Å². The van der Waals surface area contributed by atoms with Crippen LogP contribution in [0.4, 0.5) is 16.2 Å². The Kier molecular flexibility index (Phi) is 5.29. The Morgan fingerprint density at radius 2 is 1.93 bits per heavy atom. The van der Waals surface area contributed by atoms with Crippen LogP contribution >= 0.6 is 0 Å². The molecule has 1 aromatic heterocycles. The van der Waals surface area contributed by atoms with Crippen molar-refractivity contribution in [1.29, 1.82) is 0 Å². The smallest absolute Gasteiger partial charge is 0.325 e. The normalized spacial score (nSPS) is 13.8. The minimum absolute atomic E-state index is 0.00299. The Morgan fingerprint density at radius 3 is 2.72 bits per heavy atom. The van der Waals surface area contributed by atoms with Gasteiger partial charge in [0.05, 0.1) is 17.8 Å². The lowest BCUT2D eigenvalue weighted by Crippen LogP contribution is -2.37. The lowest BCUT2D eigenvalue weighted by molar-refractivity contribution is -0.116. The summed E-state index contributed by atoms with van der Waals surface area (Å²) in [5.74, 6) is 0.534. The average molecular weight is 390 g/mol. The number of nitrogens with one attached hydrogen (secondary N) is 1. The molecular weight excluding hydrogens is 368 g/mol. The van der Waals surface area contributed by atoms with Crippen LogP contribution in [0.1, 0.15) is 6.92 Å². The predicted molar refractivity (Wildman–Crippen MR) is 112 cm³/mol. The number of anilines is 2. The molecule has 0 aliphatic carbocycles. The number of ether oxygens (including phenoxy) is 1. The summed E-state index contributed by atoms with van der Waals surface area (Å²) in [6.45, 7) is 3.56. The summed E-state index contributed by atoms with van der Waals surface area (Å²) >= 11 is 0. The Bertz CT molecular complexity index is 1030. The van der Waals surface area contributed by atoms with Gasteiger partial charge in [-0.15, -0.1) is 0 Å². The summed E-state index contributed by atoms with van der Waals surface area (Å²) in [5, 5.41) is 3.77. The van der Waals surface area contributed by atoms with E-state index in [0.717, 1.165) is 22.3 Å². The highest BCUT2D eigenvalue weighted by molar-refractivity contribution is 6.03. The van der Waals surface area contributed by atoms with Gasteiger partial charge in [-0.1, -0.05) is 6.07 Å². The Balaban J connectivity index is 1.41. The molecule has 1 aliphatic rings. The SMILES string of the molecule is CCOc1ccc(N2CCN(CC(=O)Nc3cccc4ncccc34)C2=O)cc1. The van der Waals surface area contributed by atoms with Crippen LogP contribution in [0.15, 0.2) is 60.8 Å². The van der Waals surface area contributed by atoms with Crippen molar-refractivity contribution in [3.8, 4) is 5.75 Å². The van der Waals surface area contributed by atoms with Gasteiger partial charge in [0, 0.05) is 30.4 Å². The molecule has 7 heteroatoms. The number of fused-ring (bicyclic) bond motifs is 1. The van der Waals surface area contributed by atoms with Gasteiger partial charge < -0.3 is 15.0 Å². The molecule has 1 N–H and O–H groups in total. The fraction of sp³-hybridized carbons (Fsp3) is 0.227. The number of hydrogen-bond acceptors (Lipinski definition) is 4. The first-order valence-corrected chi connectivity index (χ1v) is 9.58. The van der Waals surface area contributed by atoms with E-state index in [4.69, 9.17) is 4.74 Å². The first kappa shape index (κ1) is 18.7. The number of carbonyl (C=O) groups excluding carboxylic acids is 2. The molecule has 0 atom stereocenters. The van der Waals surface area contributed by atoms with E-state index < -0.39 is 0 Å². The predicted octanol–water partition coefficient (Wildman–Crippen LogP) is 3.51. The molecule has 2 aromatic carbocycles. The lowest BCUT2D eigenvalue weighted by Gasteiger charge is -2.19. The highest BCUT2D eigenvalue weighted by Crippen LogP contribution is 2.24. The molecule has 1 saturated heterocycles. The molecule has 29 heavy (non-hydrogen) atoms. The van der Waals surface area contributed by atoms with Crippen LogP contribution in [-0.4, -0.2) is 48.1 Å². The van der Waals surface area contributed by atoms with E-state index in [2.05, 4.69) is 10.3 Å². The van der Waals surface area contributed by atoms with Crippen LogP contribution in [-0.2, 0) is 4.79 Å². The van der Waals surface area contributed by atoms with Gasteiger partial charge in [-0.2, -0.15) is 0 Å². The number of carbonyl (C=O) groups is 2. The molecule has 7 nitrogen and oxygen atoms in total. The van der Waals surface area contributed by atoms with Gasteiger partial charge >= 0.3 is 6.03 Å². The molecule has 0 saturated carbocycles. The van der Waals surface area contributed by atoms with Crippen molar-refractivity contribution in [2.24, 2.45) is 0 Å². The minimum atomic E-state index is -0.233. The van der Waals surface area contributed by atoms with Gasteiger partial charge in [-0.25, -0.2) is 4.79 Å². The van der Waals surface area contributed by atoms with Crippen LogP contribution in [0.3, 0.4) is 0 Å². The van der Waals surface area contributed by atoms with Crippen molar-refractivity contribution in [1.82, 2.24) is 9.88 Å². The highest BCUT2D eigenvalue weighted by atomic mass is 16.5. The number of hydrogen-bond donors (Lipinski definition) is 1. The summed E-state index contributed by atoms with van der Waals surface area (Å²) in [5.41, 5.74) is 2.29. The van der Waals surface area contributed by atoms with Crippen LogP contribution in [0.2, 0.25) is 0 Å². The third kappa shape index (κ3) is 3.99. The van der Waals surface area contributed by atoms with E-state index in [0.29, 0.717) is 25.4 Å². The molecule has 4 rings (SSSR count). The fourth-order valence-electron chi connectivity index (χ4n) is 3.43. The lowest BCUT2D eigenvalue weighted by atomic mass is 10.2. The number of rotatable bonds is 6. The van der Waals surface area contributed by atoms with E-state index >= 15 is 0 Å². The average Bonchev–Trinajstić information content (AvgIpc) is 3.09. The van der Waals surface area contributed by atoms with Crippen molar-refractivity contribution < 1.29 is 14.3 Å². The number of nitrogens with zero attached hydrogens (tertiary/aromatic N) is 3. The summed E-state index contributed by atoms with van der Waals surface area (Å²) < 4.78 is 5.44. The number of amides is 3. The molecule has 1 aliphatic heterocycles. The summed E-state index contributed by atoms with van der Waals surface area (Å²) in [7, 11) is 0. The summed E-state index contributed by atoms with van der Waals surface area (Å²) in [4.78, 5) is 32.8. The molecule has 0 unspecified atom stereocenters. The van der Waals surface area contributed by atoms with Gasteiger partial charge in [-0.3, -0.25) is 14.7 Å². The van der Waals surface area contributed by atoms with Gasteiger partial charge in [0.25, 0.3) is 0 Å². The third-order valence-corrected chi connectivity index (χ3v) is 4.81. The monoisotopic (exact) mass is 390 g/mol.